The van der Waals surface area contributed by atoms with Crippen LogP contribution in [0, 0.1) is 5.41 Å². The lowest BCUT2D eigenvalue weighted by molar-refractivity contribution is 0.264. The summed E-state index contributed by atoms with van der Waals surface area (Å²) >= 11 is 4.65. The monoisotopic (exact) mass is 291 g/mol. The van der Waals surface area contributed by atoms with Gasteiger partial charge in [0.05, 0.1) is 0 Å². The Balaban J connectivity index is 2.95. The van der Waals surface area contributed by atoms with E-state index < -0.39 is 11.4 Å². The molecule has 5 heteroatoms. The van der Waals surface area contributed by atoms with E-state index in [2.05, 4.69) is 25.5 Å². The second-order valence-corrected chi connectivity index (χ2v) is 8.81. The molecule has 3 nitrogen and oxygen atoms in total. The summed E-state index contributed by atoms with van der Waals surface area (Å²) in [6.07, 6.45) is 0. The average Bonchev–Trinajstić information content (AvgIpc) is 2.57. The number of nitrogens with one attached hydrogen (secondary N) is 1. The molecular formula is C13H22ClNO2S. The number of furan rings is 1. The maximum Gasteiger partial charge on any atom is 0.193 e. The summed E-state index contributed by atoms with van der Waals surface area (Å²) in [7, 11) is 0. The molecule has 0 saturated carbocycles. The van der Waals surface area contributed by atoms with Gasteiger partial charge >= 0.3 is 0 Å². The van der Waals surface area contributed by atoms with Crippen LogP contribution in [0.3, 0.4) is 0 Å². The Morgan fingerprint density at radius 3 is 2.11 bits per heavy atom. The molecule has 0 bridgehead atoms. The Labute approximate surface area is 118 Å². The highest BCUT2D eigenvalue weighted by atomic mass is 35.5. The first-order valence-electron chi connectivity index (χ1n) is 5.95. The summed E-state index contributed by atoms with van der Waals surface area (Å²) in [6, 6.07) is 3.38. The van der Waals surface area contributed by atoms with E-state index in [0.717, 1.165) is 0 Å². The van der Waals surface area contributed by atoms with E-state index in [4.69, 9.17) is 16.0 Å². The molecule has 18 heavy (non-hydrogen) atoms. The van der Waals surface area contributed by atoms with Crippen molar-refractivity contribution in [3.05, 3.63) is 23.1 Å². The zero-order chi connectivity index (χ0) is 14.1. The molecule has 1 unspecified atom stereocenters. The van der Waals surface area contributed by atoms with Gasteiger partial charge < -0.3 is 8.97 Å². The summed E-state index contributed by atoms with van der Waals surface area (Å²) in [5.74, 6) is 0.713. The van der Waals surface area contributed by atoms with E-state index in [1.807, 2.05) is 26.8 Å². The molecule has 0 radical (unpaired) electrons. The highest BCUT2D eigenvalue weighted by Gasteiger charge is 2.37. The van der Waals surface area contributed by atoms with E-state index in [-0.39, 0.29) is 16.2 Å². The predicted molar refractivity (Wildman–Crippen MR) is 76.9 cm³/mol. The molecule has 1 aromatic heterocycles. The zero-order valence-electron chi connectivity index (χ0n) is 11.8. The van der Waals surface area contributed by atoms with Gasteiger partial charge in [0.1, 0.15) is 16.5 Å². The Kier molecular flexibility index (Phi) is 4.81. The Morgan fingerprint density at radius 2 is 1.78 bits per heavy atom. The quantitative estimate of drug-likeness (QED) is 0.854. The molecule has 0 aliphatic heterocycles. The molecule has 104 valence electrons. The Bertz CT molecular complexity index is 392. The Morgan fingerprint density at radius 1 is 1.22 bits per heavy atom. The fourth-order valence-electron chi connectivity index (χ4n) is 1.43. The van der Waals surface area contributed by atoms with Gasteiger partial charge in [0.25, 0.3) is 0 Å². The van der Waals surface area contributed by atoms with E-state index in [1.54, 1.807) is 6.07 Å². The molecule has 1 aromatic rings. The van der Waals surface area contributed by atoms with Gasteiger partial charge in [-0.05, 0) is 49.9 Å². The third kappa shape index (κ3) is 4.19. The Hall–Kier alpha value is -0.160. The predicted octanol–water partition coefficient (Wildman–Crippen LogP) is 4.07. The molecule has 0 amide bonds. The van der Waals surface area contributed by atoms with Gasteiger partial charge in [-0.15, -0.1) is 4.72 Å². The number of rotatable bonds is 3. The molecular weight excluding hydrogens is 270 g/mol. The first-order valence-corrected chi connectivity index (χ1v) is 7.48. The number of hydrogen-bond acceptors (Lipinski definition) is 3. The van der Waals surface area contributed by atoms with E-state index in [9.17, 15) is 4.55 Å². The molecule has 0 saturated heterocycles. The fourth-order valence-corrected chi connectivity index (χ4v) is 2.62. The first-order chi connectivity index (χ1) is 8.01. The highest BCUT2D eigenvalue weighted by molar-refractivity contribution is 7.90. The van der Waals surface area contributed by atoms with Crippen LogP contribution in [0.1, 0.15) is 53.3 Å². The van der Waals surface area contributed by atoms with Gasteiger partial charge in [-0.3, -0.25) is 0 Å². The van der Waals surface area contributed by atoms with Crippen molar-refractivity contribution < 1.29 is 8.97 Å². The molecule has 0 aromatic carbocycles. The van der Waals surface area contributed by atoms with Gasteiger partial charge in [-0.1, -0.05) is 20.8 Å². The van der Waals surface area contributed by atoms with Crippen LogP contribution < -0.4 is 4.72 Å². The minimum atomic E-state index is -1.16. The summed E-state index contributed by atoms with van der Waals surface area (Å²) in [4.78, 5) is 0. The van der Waals surface area contributed by atoms with Crippen molar-refractivity contribution >= 4 is 23.0 Å². The zero-order valence-corrected chi connectivity index (χ0v) is 13.4. The third-order valence-corrected chi connectivity index (χ3v) is 4.29. The van der Waals surface area contributed by atoms with Crippen LogP contribution in [0.2, 0.25) is 5.22 Å². The second-order valence-electron chi connectivity index (χ2n) is 6.44. The normalized spacial score (nSPS) is 16.7. The molecule has 1 heterocycles. The highest BCUT2D eigenvalue weighted by Crippen LogP contribution is 2.36. The topological polar surface area (TPSA) is 48.2 Å². The van der Waals surface area contributed by atoms with Crippen LogP contribution in [-0.2, 0) is 11.4 Å². The van der Waals surface area contributed by atoms with Crippen LogP contribution in [0.15, 0.2) is 16.5 Å². The van der Waals surface area contributed by atoms with Crippen molar-refractivity contribution in [3.8, 4) is 0 Å². The molecule has 0 aliphatic carbocycles. The fraction of sp³-hybridized carbons (Fsp3) is 0.692. The van der Waals surface area contributed by atoms with Crippen LogP contribution >= 0.6 is 11.6 Å². The lowest BCUT2D eigenvalue weighted by Gasteiger charge is -2.33. The van der Waals surface area contributed by atoms with Crippen molar-refractivity contribution in [2.24, 2.45) is 5.41 Å². The van der Waals surface area contributed by atoms with Crippen molar-refractivity contribution in [1.29, 1.82) is 0 Å². The van der Waals surface area contributed by atoms with Gasteiger partial charge in [-0.25, -0.2) is 0 Å². The maximum absolute atomic E-state index is 12.2. The minimum absolute atomic E-state index is 0.123. The summed E-state index contributed by atoms with van der Waals surface area (Å²) in [6.45, 7) is 12.0. The van der Waals surface area contributed by atoms with Crippen molar-refractivity contribution in [2.75, 3.05) is 0 Å². The van der Waals surface area contributed by atoms with Crippen molar-refractivity contribution in [1.82, 2.24) is 4.72 Å². The molecule has 0 aliphatic rings. The number of hydrogen-bond donors (Lipinski definition) is 1. The maximum atomic E-state index is 12.2. The molecule has 0 fully saturated rings. The van der Waals surface area contributed by atoms with Gasteiger partial charge in [0, 0.05) is 11.4 Å². The largest absolute Gasteiger partial charge is 0.598 e. The van der Waals surface area contributed by atoms with Crippen LogP contribution in [-0.4, -0.2) is 9.30 Å². The van der Waals surface area contributed by atoms with Crippen LogP contribution in [0.4, 0.5) is 0 Å². The summed E-state index contributed by atoms with van der Waals surface area (Å²) in [5, 5.41) is 0.350. The summed E-state index contributed by atoms with van der Waals surface area (Å²) < 4.78 is 20.5. The average molecular weight is 292 g/mol. The molecule has 1 rings (SSSR count). The van der Waals surface area contributed by atoms with Gasteiger partial charge in [0.15, 0.2) is 5.22 Å². The van der Waals surface area contributed by atoms with Crippen LogP contribution in [0.25, 0.3) is 0 Å². The van der Waals surface area contributed by atoms with Crippen molar-refractivity contribution in [3.63, 3.8) is 0 Å². The van der Waals surface area contributed by atoms with E-state index in [0.29, 0.717) is 11.0 Å². The second kappa shape index (κ2) is 5.45. The van der Waals surface area contributed by atoms with Crippen molar-refractivity contribution in [2.45, 2.75) is 52.3 Å². The lowest BCUT2D eigenvalue weighted by atomic mass is 9.86. The summed E-state index contributed by atoms with van der Waals surface area (Å²) in [5.41, 5.74) is -0.123. The molecule has 2 atom stereocenters. The van der Waals surface area contributed by atoms with Gasteiger partial charge in [-0.2, -0.15) is 0 Å². The van der Waals surface area contributed by atoms with E-state index >= 15 is 0 Å². The molecule has 0 spiro atoms. The SMILES string of the molecule is CC(C)(C)[C@@H](N[S+]([O-])C(C)(C)C)c1ccc(Cl)o1. The lowest BCUT2D eigenvalue weighted by Crippen LogP contribution is -2.44. The number of halogens is 1. The smallest absolute Gasteiger partial charge is 0.193 e. The minimum Gasteiger partial charge on any atom is -0.598 e. The van der Waals surface area contributed by atoms with Crippen LogP contribution in [0.5, 0.6) is 0 Å². The first kappa shape index (κ1) is 15.9. The third-order valence-electron chi connectivity index (χ3n) is 2.53. The van der Waals surface area contributed by atoms with Gasteiger partial charge in [0.2, 0.25) is 0 Å². The molecule has 1 N–H and O–H groups in total. The van der Waals surface area contributed by atoms with E-state index in [1.165, 1.54) is 0 Å². The standard InChI is InChI=1S/C13H22ClNO2S/c1-12(2,3)11(9-7-8-10(14)17-9)15-18(16)13(4,5)6/h7-8,11,15H,1-6H3/t11-,18?/m0/s1.